The molecule has 0 aromatic heterocycles. The van der Waals surface area contributed by atoms with Gasteiger partial charge >= 0.3 is 6.18 Å². The normalized spacial score (nSPS) is 14.7. The molecule has 3 aromatic carbocycles. The van der Waals surface area contributed by atoms with Crippen LogP contribution in [0.4, 0.5) is 23.7 Å². The van der Waals surface area contributed by atoms with Gasteiger partial charge in [0.05, 0.1) is 17.6 Å². The molecule has 1 saturated heterocycles. The summed E-state index contributed by atoms with van der Waals surface area (Å²) in [6.45, 7) is -0.434. The molecule has 0 atom stereocenters. The van der Waals surface area contributed by atoms with Crippen LogP contribution < -0.4 is 10.1 Å². The van der Waals surface area contributed by atoms with Gasteiger partial charge in [-0.1, -0.05) is 35.3 Å². The number of hydrogen-bond donors (Lipinski definition) is 1. The number of imide groups is 1. The van der Waals surface area contributed by atoms with Gasteiger partial charge in [0.15, 0.2) is 0 Å². The van der Waals surface area contributed by atoms with Gasteiger partial charge in [-0.3, -0.25) is 19.3 Å². The zero-order valence-electron chi connectivity index (χ0n) is 19.8. The van der Waals surface area contributed by atoms with Crippen LogP contribution in [0.1, 0.15) is 16.7 Å². The summed E-state index contributed by atoms with van der Waals surface area (Å²) >= 11 is 17.0. The van der Waals surface area contributed by atoms with Crippen LogP contribution in [0.5, 0.6) is 5.75 Å². The molecule has 1 heterocycles. The Labute approximate surface area is 267 Å². The van der Waals surface area contributed by atoms with Crippen molar-refractivity contribution in [2.24, 2.45) is 0 Å². The molecule has 0 bridgehead atoms. The number of halogens is 7. The van der Waals surface area contributed by atoms with Crippen molar-refractivity contribution in [3.8, 4) is 5.75 Å². The van der Waals surface area contributed by atoms with E-state index < -0.39 is 35.3 Å². The molecule has 0 aliphatic carbocycles. The van der Waals surface area contributed by atoms with Crippen molar-refractivity contribution in [2.75, 3.05) is 11.9 Å². The minimum Gasteiger partial charge on any atom is -0.487 e. The number of rotatable bonds is 7. The Hall–Kier alpha value is -2.01. The van der Waals surface area contributed by atoms with E-state index in [0.29, 0.717) is 33.1 Å². The van der Waals surface area contributed by atoms with E-state index in [0.717, 1.165) is 35.8 Å². The minimum absolute atomic E-state index is 0.102. The van der Waals surface area contributed by atoms with Crippen LogP contribution in [0, 0.1) is 7.14 Å². The maximum absolute atomic E-state index is 12.9. The lowest BCUT2D eigenvalue weighted by Crippen LogP contribution is -2.36. The summed E-state index contributed by atoms with van der Waals surface area (Å²) in [5.41, 5.74) is 0.345. The van der Waals surface area contributed by atoms with E-state index in [1.807, 2.05) is 0 Å². The third-order valence-corrected chi connectivity index (χ3v) is 8.45. The van der Waals surface area contributed by atoms with E-state index in [2.05, 4.69) is 50.5 Å². The third-order valence-electron chi connectivity index (χ3n) is 5.35. The van der Waals surface area contributed by atoms with Crippen molar-refractivity contribution in [3.05, 3.63) is 93.4 Å². The number of amides is 3. The standard InChI is InChI=1S/C26H15Cl2F3I2N2O4S/c27-16-5-4-14(18(28)10-16)12-39-23-19(32)6-13(7-20(23)33)8-21-24(37)35(25(38)40-21)11-22(36)34-17-3-1-2-15(9-17)26(29,30)31/h1-10H,11-12H2,(H,34,36)/b21-8-. The largest absolute Gasteiger partial charge is 0.487 e. The quantitative estimate of drug-likeness (QED) is 0.191. The van der Waals surface area contributed by atoms with E-state index in [1.54, 1.807) is 30.3 Å². The Morgan fingerprint density at radius 3 is 2.40 bits per heavy atom. The van der Waals surface area contributed by atoms with E-state index >= 15 is 0 Å². The molecule has 0 spiro atoms. The highest BCUT2D eigenvalue weighted by atomic mass is 127. The molecule has 1 fully saturated rings. The predicted molar refractivity (Wildman–Crippen MR) is 165 cm³/mol. The van der Waals surface area contributed by atoms with E-state index in [-0.39, 0.29) is 17.2 Å². The molecular formula is C26H15Cl2F3I2N2O4S. The first kappa shape index (κ1) is 30.9. The zero-order valence-corrected chi connectivity index (χ0v) is 26.5. The SMILES string of the molecule is O=C(CN1C(=O)S/C(=C\c2cc(I)c(OCc3ccc(Cl)cc3Cl)c(I)c2)C1=O)Nc1cccc(C(F)(F)F)c1. The summed E-state index contributed by atoms with van der Waals surface area (Å²) in [6.07, 6.45) is -3.05. The monoisotopic (exact) mass is 832 g/mol. The molecule has 4 rings (SSSR count). The van der Waals surface area contributed by atoms with Crippen molar-refractivity contribution < 1.29 is 32.3 Å². The van der Waals surface area contributed by atoms with Gasteiger partial charge in [0.2, 0.25) is 5.91 Å². The van der Waals surface area contributed by atoms with Crippen LogP contribution in [0.25, 0.3) is 6.08 Å². The molecule has 0 saturated carbocycles. The number of alkyl halides is 3. The van der Waals surface area contributed by atoms with Gasteiger partial charge in [-0.15, -0.1) is 0 Å². The summed E-state index contributed by atoms with van der Waals surface area (Å²) in [5, 5.41) is 2.62. The molecular weight excluding hydrogens is 818 g/mol. The summed E-state index contributed by atoms with van der Waals surface area (Å²) in [4.78, 5) is 38.6. The first-order valence-electron chi connectivity index (χ1n) is 11.1. The fraction of sp³-hybridized carbons (Fsp3) is 0.115. The maximum atomic E-state index is 12.9. The Morgan fingerprint density at radius 1 is 1.05 bits per heavy atom. The van der Waals surface area contributed by atoms with Gasteiger partial charge < -0.3 is 10.1 Å². The van der Waals surface area contributed by atoms with Crippen molar-refractivity contribution in [1.29, 1.82) is 0 Å². The number of carbonyl (C=O) groups is 3. The van der Waals surface area contributed by atoms with Crippen molar-refractivity contribution in [1.82, 2.24) is 4.90 Å². The molecule has 1 N–H and O–H groups in total. The summed E-state index contributed by atoms with van der Waals surface area (Å²) < 4.78 is 46.3. The Morgan fingerprint density at radius 2 is 1.75 bits per heavy atom. The highest BCUT2D eigenvalue weighted by Gasteiger charge is 2.36. The second kappa shape index (κ2) is 12.9. The number of hydrogen-bond acceptors (Lipinski definition) is 5. The number of benzene rings is 3. The molecule has 3 amide bonds. The summed E-state index contributed by atoms with van der Waals surface area (Å²) in [6, 6.07) is 12.7. The molecule has 208 valence electrons. The fourth-order valence-corrected chi connectivity index (χ4v) is 6.92. The number of ether oxygens (including phenoxy) is 1. The average Bonchev–Trinajstić information content (AvgIpc) is 3.11. The van der Waals surface area contributed by atoms with Crippen LogP contribution >= 0.6 is 80.1 Å². The van der Waals surface area contributed by atoms with Gasteiger partial charge in [-0.05, 0) is 111 Å². The first-order valence-corrected chi connectivity index (χ1v) is 14.8. The lowest BCUT2D eigenvalue weighted by Gasteiger charge is -2.14. The van der Waals surface area contributed by atoms with Gasteiger partial charge in [-0.2, -0.15) is 13.2 Å². The minimum atomic E-state index is -4.58. The number of anilines is 1. The van der Waals surface area contributed by atoms with E-state index in [1.165, 1.54) is 12.1 Å². The molecule has 0 radical (unpaired) electrons. The van der Waals surface area contributed by atoms with Gasteiger partial charge in [0.1, 0.15) is 18.9 Å². The number of nitrogens with one attached hydrogen (secondary N) is 1. The highest BCUT2D eigenvalue weighted by Crippen LogP contribution is 2.36. The van der Waals surface area contributed by atoms with Gasteiger partial charge in [-0.25, -0.2) is 0 Å². The third kappa shape index (κ3) is 7.63. The molecule has 0 unspecified atom stereocenters. The molecule has 1 aliphatic rings. The van der Waals surface area contributed by atoms with Crippen molar-refractivity contribution >= 4 is 109 Å². The van der Waals surface area contributed by atoms with E-state index in [9.17, 15) is 27.6 Å². The summed E-state index contributed by atoms with van der Waals surface area (Å²) in [5.74, 6) is -0.880. The second-order valence-corrected chi connectivity index (χ2v) is 12.4. The highest BCUT2D eigenvalue weighted by molar-refractivity contribution is 14.1. The molecule has 14 heteroatoms. The number of nitrogens with zero attached hydrogens (tertiary/aromatic N) is 1. The second-order valence-electron chi connectivity index (χ2n) is 8.23. The number of carbonyl (C=O) groups excluding carboxylic acids is 3. The van der Waals surface area contributed by atoms with Crippen LogP contribution in [0.3, 0.4) is 0 Å². The molecule has 40 heavy (non-hydrogen) atoms. The zero-order chi connectivity index (χ0) is 29.2. The Bertz CT molecular complexity index is 1530. The summed E-state index contributed by atoms with van der Waals surface area (Å²) in [7, 11) is 0. The molecule has 1 aliphatic heterocycles. The lowest BCUT2D eigenvalue weighted by atomic mass is 10.2. The Kier molecular flexibility index (Phi) is 9.96. The average molecular weight is 833 g/mol. The van der Waals surface area contributed by atoms with Gasteiger partial charge in [0.25, 0.3) is 11.1 Å². The fourth-order valence-electron chi connectivity index (χ4n) is 3.49. The van der Waals surface area contributed by atoms with E-state index in [4.69, 9.17) is 27.9 Å². The van der Waals surface area contributed by atoms with Crippen LogP contribution in [-0.4, -0.2) is 28.5 Å². The first-order chi connectivity index (χ1) is 18.8. The number of thioether (sulfide) groups is 1. The van der Waals surface area contributed by atoms with Crippen molar-refractivity contribution in [2.45, 2.75) is 12.8 Å². The Balaban J connectivity index is 1.43. The van der Waals surface area contributed by atoms with Crippen molar-refractivity contribution in [3.63, 3.8) is 0 Å². The van der Waals surface area contributed by atoms with Crippen LogP contribution in [0.15, 0.2) is 59.5 Å². The maximum Gasteiger partial charge on any atom is 0.416 e. The lowest BCUT2D eigenvalue weighted by molar-refractivity contribution is -0.137. The van der Waals surface area contributed by atoms with Crippen LogP contribution in [0.2, 0.25) is 10.0 Å². The predicted octanol–water partition coefficient (Wildman–Crippen LogP) is 8.48. The topological polar surface area (TPSA) is 75.7 Å². The molecule has 3 aromatic rings. The van der Waals surface area contributed by atoms with Crippen LogP contribution in [-0.2, 0) is 22.4 Å². The van der Waals surface area contributed by atoms with Gasteiger partial charge in [0, 0.05) is 21.3 Å². The smallest absolute Gasteiger partial charge is 0.416 e. The molecule has 6 nitrogen and oxygen atoms in total.